The highest BCUT2D eigenvalue weighted by molar-refractivity contribution is 5.87. The van der Waals surface area contributed by atoms with Crippen LogP contribution in [-0.4, -0.2) is 22.2 Å². The van der Waals surface area contributed by atoms with E-state index in [1.54, 1.807) is 0 Å². The van der Waals surface area contributed by atoms with Gasteiger partial charge in [-0.25, -0.2) is 0 Å². The largest absolute Gasteiger partial charge is 0.481 e. The first-order valence-corrected chi connectivity index (χ1v) is 14.3. The molecule has 1 fully saturated rings. The maximum atomic E-state index is 12.6. The van der Waals surface area contributed by atoms with E-state index in [0.29, 0.717) is 31.6 Å². The second kappa shape index (κ2) is 16.5. The molecule has 194 valence electrons. The lowest BCUT2D eigenvalue weighted by Gasteiger charge is -2.49. The van der Waals surface area contributed by atoms with Gasteiger partial charge in [-0.1, -0.05) is 130 Å². The number of carboxylic acids is 2. The van der Waals surface area contributed by atoms with E-state index in [-0.39, 0.29) is 0 Å². The zero-order chi connectivity index (χ0) is 24.6. The molecule has 1 rings (SSSR count). The van der Waals surface area contributed by atoms with Gasteiger partial charge in [-0.3, -0.25) is 9.59 Å². The van der Waals surface area contributed by atoms with Gasteiger partial charge in [-0.05, 0) is 31.6 Å². The van der Waals surface area contributed by atoms with Crippen LogP contribution in [-0.2, 0) is 9.59 Å². The van der Waals surface area contributed by atoms with Gasteiger partial charge in [0.25, 0.3) is 0 Å². The molecule has 1 aliphatic carbocycles. The van der Waals surface area contributed by atoms with Gasteiger partial charge in [0.1, 0.15) is 0 Å². The van der Waals surface area contributed by atoms with Gasteiger partial charge in [0.15, 0.2) is 0 Å². The van der Waals surface area contributed by atoms with Crippen molar-refractivity contribution in [1.29, 1.82) is 0 Å². The first-order valence-electron chi connectivity index (χ1n) is 14.3. The van der Waals surface area contributed by atoms with Crippen molar-refractivity contribution in [1.82, 2.24) is 0 Å². The molecule has 0 radical (unpaired) electrons. The molecule has 0 saturated heterocycles. The predicted molar refractivity (Wildman–Crippen MR) is 138 cm³/mol. The van der Waals surface area contributed by atoms with Crippen molar-refractivity contribution in [2.24, 2.45) is 16.7 Å². The SMILES string of the molecule is CCCCCCCCCCCCC1(C(=O)O)CCCCC1(CCCCCCC(C)C)C(=O)O. The Hall–Kier alpha value is -1.06. The average molecular weight is 467 g/mol. The summed E-state index contributed by atoms with van der Waals surface area (Å²) in [5.74, 6) is -1.02. The lowest BCUT2D eigenvalue weighted by atomic mass is 9.52. The van der Waals surface area contributed by atoms with Gasteiger partial charge in [-0.15, -0.1) is 0 Å². The minimum Gasteiger partial charge on any atom is -0.481 e. The van der Waals surface area contributed by atoms with Crippen LogP contribution in [0, 0.1) is 16.7 Å². The number of unbranched alkanes of at least 4 members (excludes halogenated alkanes) is 12. The highest BCUT2D eigenvalue weighted by Gasteiger charge is 2.61. The number of hydrogen-bond donors (Lipinski definition) is 2. The van der Waals surface area contributed by atoms with Crippen LogP contribution in [0.25, 0.3) is 0 Å². The lowest BCUT2D eigenvalue weighted by molar-refractivity contribution is -0.182. The fourth-order valence-electron chi connectivity index (χ4n) is 6.14. The van der Waals surface area contributed by atoms with Gasteiger partial charge in [0.2, 0.25) is 0 Å². The predicted octanol–water partition coefficient (Wildman–Crippen LogP) is 9.01. The molecule has 2 atom stereocenters. The molecule has 0 amide bonds. The van der Waals surface area contributed by atoms with Crippen molar-refractivity contribution in [3.8, 4) is 0 Å². The van der Waals surface area contributed by atoms with E-state index >= 15 is 0 Å². The Morgan fingerprint density at radius 2 is 1.00 bits per heavy atom. The zero-order valence-electron chi connectivity index (χ0n) is 22.1. The van der Waals surface area contributed by atoms with Crippen LogP contribution in [0.2, 0.25) is 0 Å². The molecule has 0 aromatic heterocycles. The molecule has 4 heteroatoms. The molecule has 33 heavy (non-hydrogen) atoms. The molecule has 0 heterocycles. The molecule has 0 aromatic rings. The molecule has 0 aliphatic heterocycles. The summed E-state index contributed by atoms with van der Waals surface area (Å²) in [5, 5.41) is 20.7. The Bertz CT molecular complexity index is 544. The average Bonchev–Trinajstić information content (AvgIpc) is 2.77. The summed E-state index contributed by atoms with van der Waals surface area (Å²) in [6.45, 7) is 6.70. The Kier molecular flexibility index (Phi) is 15.0. The van der Waals surface area contributed by atoms with Crippen molar-refractivity contribution in [2.75, 3.05) is 0 Å². The van der Waals surface area contributed by atoms with E-state index in [0.717, 1.165) is 51.4 Å². The van der Waals surface area contributed by atoms with Crippen LogP contribution in [0.3, 0.4) is 0 Å². The third-order valence-corrected chi connectivity index (χ3v) is 8.28. The van der Waals surface area contributed by atoms with Crippen molar-refractivity contribution < 1.29 is 19.8 Å². The lowest BCUT2D eigenvalue weighted by Crippen LogP contribution is -2.54. The van der Waals surface area contributed by atoms with Crippen LogP contribution in [0.5, 0.6) is 0 Å². The minimum atomic E-state index is -1.09. The molecular weight excluding hydrogens is 412 g/mol. The second-order valence-electron chi connectivity index (χ2n) is 11.3. The number of carboxylic acid groups (broad SMARTS) is 2. The quantitative estimate of drug-likeness (QED) is 0.175. The highest BCUT2D eigenvalue weighted by Crippen LogP contribution is 2.57. The fraction of sp³-hybridized carbons (Fsp3) is 0.931. The topological polar surface area (TPSA) is 74.6 Å². The van der Waals surface area contributed by atoms with Gasteiger partial charge >= 0.3 is 11.9 Å². The molecule has 2 unspecified atom stereocenters. The van der Waals surface area contributed by atoms with Crippen molar-refractivity contribution >= 4 is 11.9 Å². The normalized spacial score (nSPS) is 23.2. The van der Waals surface area contributed by atoms with Crippen molar-refractivity contribution in [3.63, 3.8) is 0 Å². The van der Waals surface area contributed by atoms with E-state index in [9.17, 15) is 19.8 Å². The summed E-state index contributed by atoms with van der Waals surface area (Å²) in [6, 6.07) is 0. The Balaban J connectivity index is 2.61. The summed E-state index contributed by atoms with van der Waals surface area (Å²) in [4.78, 5) is 25.3. The van der Waals surface area contributed by atoms with Gasteiger partial charge in [0.05, 0.1) is 10.8 Å². The summed E-state index contributed by atoms with van der Waals surface area (Å²) in [5.41, 5.74) is -2.18. The second-order valence-corrected chi connectivity index (χ2v) is 11.3. The summed E-state index contributed by atoms with van der Waals surface area (Å²) in [6.07, 6.45) is 21.2. The first-order chi connectivity index (χ1) is 15.8. The number of aliphatic carboxylic acids is 2. The number of carbonyl (C=O) groups is 2. The molecule has 1 aliphatic rings. The summed E-state index contributed by atoms with van der Waals surface area (Å²) in [7, 11) is 0. The molecule has 2 N–H and O–H groups in total. The van der Waals surface area contributed by atoms with Crippen LogP contribution in [0.1, 0.15) is 156 Å². The Labute approximate surface area is 204 Å². The Morgan fingerprint density at radius 1 is 0.636 bits per heavy atom. The highest BCUT2D eigenvalue weighted by atomic mass is 16.4. The van der Waals surface area contributed by atoms with Crippen LogP contribution >= 0.6 is 0 Å². The van der Waals surface area contributed by atoms with E-state index in [1.165, 1.54) is 57.8 Å². The van der Waals surface area contributed by atoms with E-state index in [2.05, 4.69) is 20.8 Å². The Morgan fingerprint density at radius 3 is 1.36 bits per heavy atom. The maximum Gasteiger partial charge on any atom is 0.310 e. The smallest absolute Gasteiger partial charge is 0.310 e. The van der Waals surface area contributed by atoms with Gasteiger partial charge in [0, 0.05) is 0 Å². The molecule has 1 saturated carbocycles. The van der Waals surface area contributed by atoms with E-state index < -0.39 is 22.8 Å². The summed E-state index contributed by atoms with van der Waals surface area (Å²) >= 11 is 0. The molecular formula is C29H54O4. The minimum absolute atomic E-state index is 0.522. The first kappa shape index (κ1) is 30.0. The van der Waals surface area contributed by atoms with Crippen LogP contribution in [0.4, 0.5) is 0 Å². The molecule has 0 spiro atoms. The fourth-order valence-corrected chi connectivity index (χ4v) is 6.14. The molecule has 0 bridgehead atoms. The monoisotopic (exact) mass is 466 g/mol. The zero-order valence-corrected chi connectivity index (χ0v) is 22.1. The molecule has 0 aromatic carbocycles. The van der Waals surface area contributed by atoms with Crippen LogP contribution < -0.4 is 0 Å². The third-order valence-electron chi connectivity index (χ3n) is 8.28. The van der Waals surface area contributed by atoms with E-state index in [4.69, 9.17) is 0 Å². The maximum absolute atomic E-state index is 12.6. The number of rotatable bonds is 20. The van der Waals surface area contributed by atoms with Crippen molar-refractivity contribution in [2.45, 2.75) is 156 Å². The summed E-state index contributed by atoms with van der Waals surface area (Å²) < 4.78 is 0. The van der Waals surface area contributed by atoms with Crippen LogP contribution in [0.15, 0.2) is 0 Å². The van der Waals surface area contributed by atoms with Gasteiger partial charge in [-0.2, -0.15) is 0 Å². The van der Waals surface area contributed by atoms with Crippen molar-refractivity contribution in [3.05, 3.63) is 0 Å². The van der Waals surface area contributed by atoms with Gasteiger partial charge < -0.3 is 10.2 Å². The van der Waals surface area contributed by atoms with E-state index in [1.807, 2.05) is 0 Å². The standard InChI is InChI=1S/C29H54O4/c1-4-5-6-7-8-9-10-11-13-16-21-28(26(30)31)23-18-19-24-29(28,27(32)33)22-17-14-12-15-20-25(2)3/h25H,4-24H2,1-3H3,(H,30,31)(H,32,33). The molecule has 4 nitrogen and oxygen atoms in total. The third kappa shape index (κ3) is 9.61. The number of hydrogen-bond acceptors (Lipinski definition) is 2.